The SMILES string of the molecule is O=C(COc1cccc2c1CCCC2)NCCOc1ccc(S(=O)(=O)N2CCOCC2)cc1. The van der Waals surface area contributed by atoms with Crippen LogP contribution in [0.5, 0.6) is 11.5 Å². The summed E-state index contributed by atoms with van der Waals surface area (Å²) in [4.78, 5) is 12.4. The van der Waals surface area contributed by atoms with Gasteiger partial charge in [-0.1, -0.05) is 12.1 Å². The predicted molar refractivity (Wildman–Crippen MR) is 123 cm³/mol. The Morgan fingerprint density at radius 2 is 1.76 bits per heavy atom. The largest absolute Gasteiger partial charge is 0.492 e. The molecule has 1 aliphatic heterocycles. The fourth-order valence-corrected chi connectivity index (χ4v) is 5.49. The number of rotatable bonds is 9. The fourth-order valence-electron chi connectivity index (χ4n) is 4.08. The van der Waals surface area contributed by atoms with E-state index in [9.17, 15) is 13.2 Å². The van der Waals surface area contributed by atoms with E-state index in [1.807, 2.05) is 12.1 Å². The number of hydrogen-bond acceptors (Lipinski definition) is 6. The molecule has 8 nitrogen and oxygen atoms in total. The van der Waals surface area contributed by atoms with Crippen LogP contribution in [0.15, 0.2) is 47.4 Å². The third-order valence-corrected chi connectivity index (χ3v) is 7.75. The number of ether oxygens (including phenoxy) is 3. The molecule has 1 aliphatic carbocycles. The molecular formula is C24H30N2O6S. The number of nitrogens with one attached hydrogen (secondary N) is 1. The van der Waals surface area contributed by atoms with Crippen LogP contribution in [0.2, 0.25) is 0 Å². The van der Waals surface area contributed by atoms with Gasteiger partial charge in [-0.15, -0.1) is 0 Å². The van der Waals surface area contributed by atoms with Crippen molar-refractivity contribution >= 4 is 15.9 Å². The van der Waals surface area contributed by atoms with Crippen LogP contribution in [0.3, 0.4) is 0 Å². The number of aryl methyl sites for hydroxylation is 1. The van der Waals surface area contributed by atoms with Crippen LogP contribution in [0.4, 0.5) is 0 Å². The summed E-state index contributed by atoms with van der Waals surface area (Å²) in [6.45, 7) is 2.08. The summed E-state index contributed by atoms with van der Waals surface area (Å²) in [5.74, 6) is 1.13. The quantitative estimate of drug-likeness (QED) is 0.560. The van der Waals surface area contributed by atoms with Gasteiger partial charge >= 0.3 is 0 Å². The zero-order valence-electron chi connectivity index (χ0n) is 18.6. The Balaban J connectivity index is 1.19. The van der Waals surface area contributed by atoms with Crippen LogP contribution in [0.25, 0.3) is 0 Å². The summed E-state index contributed by atoms with van der Waals surface area (Å²) >= 11 is 0. The number of benzene rings is 2. The van der Waals surface area contributed by atoms with Crippen molar-refractivity contribution in [1.82, 2.24) is 9.62 Å². The molecule has 1 fully saturated rings. The molecule has 0 saturated carbocycles. The lowest BCUT2D eigenvalue weighted by atomic mass is 9.91. The van der Waals surface area contributed by atoms with E-state index in [1.165, 1.54) is 34.0 Å². The second-order valence-corrected chi connectivity index (χ2v) is 10.0. The summed E-state index contributed by atoms with van der Waals surface area (Å²) in [6.07, 6.45) is 4.41. The molecule has 1 saturated heterocycles. The zero-order valence-corrected chi connectivity index (χ0v) is 19.4. The molecule has 1 amide bonds. The smallest absolute Gasteiger partial charge is 0.258 e. The first-order valence-corrected chi connectivity index (χ1v) is 12.8. The summed E-state index contributed by atoms with van der Waals surface area (Å²) in [6, 6.07) is 12.3. The number of amides is 1. The Morgan fingerprint density at radius 1 is 1.00 bits per heavy atom. The standard InChI is InChI=1S/C24H30N2O6S/c27-24(18-32-23-7-3-5-19-4-1-2-6-22(19)23)25-12-15-31-20-8-10-21(11-9-20)33(28,29)26-13-16-30-17-14-26/h3,5,7-11H,1-2,4,6,12-18H2,(H,25,27). The Morgan fingerprint density at radius 3 is 2.55 bits per heavy atom. The molecule has 0 bridgehead atoms. The lowest BCUT2D eigenvalue weighted by Gasteiger charge is -2.26. The Labute approximate surface area is 194 Å². The van der Waals surface area contributed by atoms with Gasteiger partial charge in [-0.25, -0.2) is 8.42 Å². The van der Waals surface area contributed by atoms with Gasteiger partial charge in [0.05, 0.1) is 24.7 Å². The zero-order chi connectivity index (χ0) is 23.1. The highest BCUT2D eigenvalue weighted by atomic mass is 32.2. The second kappa shape index (κ2) is 11.0. The van der Waals surface area contributed by atoms with E-state index in [1.54, 1.807) is 12.1 Å². The first-order chi connectivity index (χ1) is 16.0. The molecule has 2 aromatic carbocycles. The predicted octanol–water partition coefficient (Wildman–Crippen LogP) is 2.16. The third-order valence-electron chi connectivity index (χ3n) is 5.84. The average molecular weight is 475 g/mol. The second-order valence-electron chi connectivity index (χ2n) is 8.08. The van der Waals surface area contributed by atoms with Crippen LogP contribution in [0.1, 0.15) is 24.0 Å². The number of morpholine rings is 1. The van der Waals surface area contributed by atoms with Gasteiger partial charge in [0.25, 0.3) is 5.91 Å². The van der Waals surface area contributed by atoms with Crippen LogP contribution in [-0.2, 0) is 32.4 Å². The van der Waals surface area contributed by atoms with Gasteiger partial charge in [0.1, 0.15) is 18.1 Å². The number of carbonyl (C=O) groups excluding carboxylic acids is 1. The fraction of sp³-hybridized carbons (Fsp3) is 0.458. The maximum atomic E-state index is 12.6. The Kier molecular flexibility index (Phi) is 7.85. The molecule has 0 spiro atoms. The van der Waals surface area contributed by atoms with Crippen molar-refractivity contribution in [3.05, 3.63) is 53.6 Å². The van der Waals surface area contributed by atoms with E-state index < -0.39 is 10.0 Å². The van der Waals surface area contributed by atoms with Gasteiger partial charge in [-0.05, 0) is 67.1 Å². The van der Waals surface area contributed by atoms with Crippen molar-refractivity contribution in [2.75, 3.05) is 46.1 Å². The molecule has 1 N–H and O–H groups in total. The maximum Gasteiger partial charge on any atom is 0.258 e. The monoisotopic (exact) mass is 474 g/mol. The molecule has 0 aromatic heterocycles. The molecule has 178 valence electrons. The molecule has 0 atom stereocenters. The van der Waals surface area contributed by atoms with Crippen LogP contribution in [-0.4, -0.2) is 64.7 Å². The lowest BCUT2D eigenvalue weighted by molar-refractivity contribution is -0.123. The Bertz CT molecular complexity index is 1050. The molecular weight excluding hydrogens is 444 g/mol. The lowest BCUT2D eigenvalue weighted by Crippen LogP contribution is -2.40. The van der Waals surface area contributed by atoms with Gasteiger partial charge in [0.15, 0.2) is 6.61 Å². The summed E-state index contributed by atoms with van der Waals surface area (Å²) in [5.41, 5.74) is 2.54. The minimum absolute atomic E-state index is 0.0372. The minimum Gasteiger partial charge on any atom is -0.492 e. The van der Waals surface area contributed by atoms with Gasteiger partial charge in [0, 0.05) is 13.1 Å². The highest BCUT2D eigenvalue weighted by molar-refractivity contribution is 7.89. The van der Waals surface area contributed by atoms with Gasteiger partial charge in [-0.2, -0.15) is 4.31 Å². The van der Waals surface area contributed by atoms with Crippen molar-refractivity contribution in [3.8, 4) is 11.5 Å². The number of hydrogen-bond donors (Lipinski definition) is 1. The highest BCUT2D eigenvalue weighted by Gasteiger charge is 2.26. The molecule has 33 heavy (non-hydrogen) atoms. The molecule has 0 unspecified atom stereocenters. The topological polar surface area (TPSA) is 94.2 Å². The summed E-state index contributed by atoms with van der Waals surface area (Å²) in [5, 5.41) is 2.78. The molecule has 0 radical (unpaired) electrons. The molecule has 2 aromatic rings. The van der Waals surface area contributed by atoms with E-state index in [0.29, 0.717) is 38.6 Å². The first kappa shape index (κ1) is 23.5. The molecule has 9 heteroatoms. The van der Waals surface area contributed by atoms with E-state index >= 15 is 0 Å². The maximum absolute atomic E-state index is 12.6. The van der Waals surface area contributed by atoms with E-state index in [4.69, 9.17) is 14.2 Å². The van der Waals surface area contributed by atoms with Crippen LogP contribution < -0.4 is 14.8 Å². The number of fused-ring (bicyclic) bond motifs is 1. The normalized spacial score (nSPS) is 16.6. The van der Waals surface area contributed by atoms with E-state index in [2.05, 4.69) is 11.4 Å². The van der Waals surface area contributed by atoms with Gasteiger partial charge in [-0.3, -0.25) is 4.79 Å². The van der Waals surface area contributed by atoms with Gasteiger partial charge in [0.2, 0.25) is 10.0 Å². The van der Waals surface area contributed by atoms with E-state index in [0.717, 1.165) is 25.0 Å². The van der Waals surface area contributed by atoms with Crippen molar-refractivity contribution in [3.63, 3.8) is 0 Å². The average Bonchev–Trinajstić information content (AvgIpc) is 2.86. The molecule has 1 heterocycles. The van der Waals surface area contributed by atoms with Gasteiger partial charge < -0.3 is 19.5 Å². The summed E-state index contributed by atoms with van der Waals surface area (Å²) in [7, 11) is -3.52. The summed E-state index contributed by atoms with van der Waals surface area (Å²) < 4.78 is 43.3. The molecule has 4 rings (SSSR count). The number of sulfonamides is 1. The van der Waals surface area contributed by atoms with Crippen molar-refractivity contribution in [1.29, 1.82) is 0 Å². The van der Waals surface area contributed by atoms with Crippen LogP contribution in [0, 0.1) is 0 Å². The Hall–Kier alpha value is -2.62. The minimum atomic E-state index is -3.52. The number of nitrogens with zero attached hydrogens (tertiary/aromatic N) is 1. The number of carbonyl (C=O) groups is 1. The van der Waals surface area contributed by atoms with Crippen molar-refractivity contribution < 1.29 is 27.4 Å². The van der Waals surface area contributed by atoms with Crippen molar-refractivity contribution in [2.24, 2.45) is 0 Å². The third kappa shape index (κ3) is 6.04. The highest BCUT2D eigenvalue weighted by Crippen LogP contribution is 2.29. The first-order valence-electron chi connectivity index (χ1n) is 11.3. The van der Waals surface area contributed by atoms with E-state index in [-0.39, 0.29) is 24.0 Å². The van der Waals surface area contributed by atoms with Crippen LogP contribution >= 0.6 is 0 Å². The molecule has 2 aliphatic rings. The van der Waals surface area contributed by atoms with Crippen molar-refractivity contribution in [2.45, 2.75) is 30.6 Å².